The van der Waals surface area contributed by atoms with Gasteiger partial charge >= 0.3 is 0 Å². The minimum Gasteiger partial charge on any atom is -0.497 e. The number of hydrogen-bond acceptors (Lipinski definition) is 3. The third kappa shape index (κ3) is 3.37. The predicted octanol–water partition coefficient (Wildman–Crippen LogP) is 0.946. The number of rotatable bonds is 6. The topological polar surface area (TPSA) is 44.3 Å². The van der Waals surface area contributed by atoms with Crippen LogP contribution in [-0.4, -0.2) is 33.5 Å². The number of benzene rings is 1. The molecule has 1 fully saturated rings. The van der Waals surface area contributed by atoms with Crippen LogP contribution in [0.1, 0.15) is 18.4 Å². The summed E-state index contributed by atoms with van der Waals surface area (Å²) in [5, 5.41) is 2.28. The van der Waals surface area contributed by atoms with Crippen LogP contribution in [0.25, 0.3) is 0 Å². The van der Waals surface area contributed by atoms with Crippen LogP contribution in [0.2, 0.25) is 0 Å². The van der Waals surface area contributed by atoms with Gasteiger partial charge in [-0.3, -0.25) is 0 Å². The summed E-state index contributed by atoms with van der Waals surface area (Å²) in [6, 6.07) is 5.96. The summed E-state index contributed by atoms with van der Waals surface area (Å²) >= 11 is 0. The Labute approximate surface area is 108 Å². The van der Waals surface area contributed by atoms with Crippen LogP contribution in [0.5, 0.6) is 11.5 Å². The fraction of sp³-hybridized carbons (Fsp3) is 0.571. The minimum atomic E-state index is 0.425. The third-order valence-electron chi connectivity index (χ3n) is 3.31. The highest BCUT2D eigenvalue weighted by Crippen LogP contribution is 2.23. The molecule has 0 radical (unpaired) electrons. The van der Waals surface area contributed by atoms with Crippen molar-refractivity contribution in [1.29, 1.82) is 0 Å². The van der Waals surface area contributed by atoms with Crippen LogP contribution in [0.15, 0.2) is 18.2 Å². The Morgan fingerprint density at radius 2 is 2.22 bits per heavy atom. The van der Waals surface area contributed by atoms with Gasteiger partial charge < -0.3 is 19.5 Å². The second-order valence-electron chi connectivity index (χ2n) is 4.54. The van der Waals surface area contributed by atoms with Crippen LogP contribution in [0.4, 0.5) is 0 Å². The number of nitrogens with two attached hydrogens (primary N) is 1. The van der Waals surface area contributed by atoms with Crippen molar-refractivity contribution < 1.29 is 19.5 Å². The maximum absolute atomic E-state index is 5.60. The highest BCUT2D eigenvalue weighted by Gasteiger charge is 2.17. The van der Waals surface area contributed by atoms with Crippen molar-refractivity contribution in [2.24, 2.45) is 0 Å². The van der Waals surface area contributed by atoms with Gasteiger partial charge in [0.15, 0.2) is 0 Å². The number of quaternary nitrogens is 1. The number of methoxy groups -OCH3 is 2. The summed E-state index contributed by atoms with van der Waals surface area (Å²) in [6.07, 6.45) is 2.81. The molecule has 0 aliphatic carbocycles. The monoisotopic (exact) mass is 252 g/mol. The molecule has 2 rings (SSSR count). The van der Waals surface area contributed by atoms with E-state index in [4.69, 9.17) is 14.2 Å². The maximum atomic E-state index is 5.60. The van der Waals surface area contributed by atoms with E-state index in [1.807, 2.05) is 12.1 Å². The maximum Gasteiger partial charge on any atom is 0.131 e. The molecule has 0 aromatic heterocycles. The summed E-state index contributed by atoms with van der Waals surface area (Å²) in [4.78, 5) is 0. The van der Waals surface area contributed by atoms with Crippen molar-refractivity contribution >= 4 is 0 Å². The molecule has 4 heteroatoms. The number of hydrogen-bond donors (Lipinski definition) is 1. The Bertz CT molecular complexity index is 375. The molecule has 0 saturated carbocycles. The second kappa shape index (κ2) is 6.61. The van der Waals surface area contributed by atoms with E-state index in [1.165, 1.54) is 18.4 Å². The van der Waals surface area contributed by atoms with Gasteiger partial charge in [-0.05, 0) is 25.0 Å². The lowest BCUT2D eigenvalue weighted by molar-refractivity contribution is -0.676. The lowest BCUT2D eigenvalue weighted by Crippen LogP contribution is -2.84. The Morgan fingerprint density at radius 3 is 2.89 bits per heavy atom. The van der Waals surface area contributed by atoms with Crippen molar-refractivity contribution in [2.75, 3.05) is 27.4 Å². The standard InChI is InChI=1S/C14H21NO3/c1-16-12-6-5-11(14(8-12)17-2)9-15-10-13-4-3-7-18-13/h5-6,8,13,15H,3-4,7,9-10H2,1-2H3/p+1/t13-/m0/s1. The first-order valence-electron chi connectivity index (χ1n) is 6.47. The fourth-order valence-corrected chi connectivity index (χ4v) is 2.28. The SMILES string of the molecule is COc1ccc(C[NH2+]C[C@@H]2CCCO2)c(OC)c1. The van der Waals surface area contributed by atoms with E-state index in [9.17, 15) is 0 Å². The summed E-state index contributed by atoms with van der Waals surface area (Å²) in [6.45, 7) is 2.85. The molecule has 1 heterocycles. The number of ether oxygens (including phenoxy) is 3. The Kier molecular flexibility index (Phi) is 4.84. The van der Waals surface area contributed by atoms with Gasteiger partial charge in [-0.15, -0.1) is 0 Å². The molecule has 1 aromatic carbocycles. The molecule has 100 valence electrons. The van der Waals surface area contributed by atoms with Gasteiger partial charge in [0, 0.05) is 18.2 Å². The average Bonchev–Trinajstić information content (AvgIpc) is 2.92. The van der Waals surface area contributed by atoms with E-state index < -0.39 is 0 Å². The molecule has 1 atom stereocenters. The summed E-state index contributed by atoms with van der Waals surface area (Å²) in [7, 11) is 3.36. The molecular weight excluding hydrogens is 230 g/mol. The highest BCUT2D eigenvalue weighted by atomic mass is 16.5. The zero-order chi connectivity index (χ0) is 12.8. The Balaban J connectivity index is 1.87. The summed E-state index contributed by atoms with van der Waals surface area (Å²) in [5.74, 6) is 1.72. The van der Waals surface area contributed by atoms with Gasteiger partial charge in [0.2, 0.25) is 0 Å². The van der Waals surface area contributed by atoms with Crippen molar-refractivity contribution in [3.63, 3.8) is 0 Å². The molecule has 0 unspecified atom stereocenters. The van der Waals surface area contributed by atoms with E-state index >= 15 is 0 Å². The van der Waals surface area contributed by atoms with Crippen LogP contribution >= 0.6 is 0 Å². The largest absolute Gasteiger partial charge is 0.497 e. The summed E-state index contributed by atoms with van der Waals surface area (Å²) in [5.41, 5.74) is 1.19. The first-order chi connectivity index (χ1) is 8.83. The van der Waals surface area contributed by atoms with Gasteiger partial charge in [-0.25, -0.2) is 0 Å². The molecule has 2 N–H and O–H groups in total. The van der Waals surface area contributed by atoms with E-state index in [1.54, 1.807) is 14.2 Å². The quantitative estimate of drug-likeness (QED) is 0.819. The minimum absolute atomic E-state index is 0.425. The van der Waals surface area contributed by atoms with E-state index in [-0.39, 0.29) is 0 Å². The fourth-order valence-electron chi connectivity index (χ4n) is 2.28. The third-order valence-corrected chi connectivity index (χ3v) is 3.31. The molecular formula is C14H22NO3+. The van der Waals surface area contributed by atoms with Crippen molar-refractivity contribution in [3.8, 4) is 11.5 Å². The van der Waals surface area contributed by atoms with Crippen molar-refractivity contribution in [1.82, 2.24) is 0 Å². The Hall–Kier alpha value is -1.26. The van der Waals surface area contributed by atoms with Crippen LogP contribution in [0.3, 0.4) is 0 Å². The predicted molar refractivity (Wildman–Crippen MR) is 69.0 cm³/mol. The molecule has 1 aliphatic rings. The van der Waals surface area contributed by atoms with Crippen molar-refractivity contribution in [3.05, 3.63) is 23.8 Å². The Morgan fingerprint density at radius 1 is 1.33 bits per heavy atom. The van der Waals surface area contributed by atoms with Crippen LogP contribution in [0, 0.1) is 0 Å². The molecule has 0 spiro atoms. The lowest BCUT2D eigenvalue weighted by Gasteiger charge is -2.11. The van der Waals surface area contributed by atoms with E-state index in [0.717, 1.165) is 31.2 Å². The molecule has 1 saturated heterocycles. The second-order valence-corrected chi connectivity index (χ2v) is 4.54. The van der Waals surface area contributed by atoms with Crippen LogP contribution in [-0.2, 0) is 11.3 Å². The molecule has 0 amide bonds. The zero-order valence-corrected chi connectivity index (χ0v) is 11.1. The van der Waals surface area contributed by atoms with E-state index in [0.29, 0.717) is 6.10 Å². The molecule has 1 aliphatic heterocycles. The van der Waals surface area contributed by atoms with Gasteiger partial charge in [0.05, 0.1) is 14.2 Å². The highest BCUT2D eigenvalue weighted by molar-refractivity contribution is 5.40. The molecule has 4 nitrogen and oxygen atoms in total. The van der Waals surface area contributed by atoms with E-state index in [2.05, 4.69) is 11.4 Å². The van der Waals surface area contributed by atoms with Gasteiger partial charge in [-0.2, -0.15) is 0 Å². The molecule has 0 bridgehead atoms. The van der Waals surface area contributed by atoms with Gasteiger partial charge in [0.25, 0.3) is 0 Å². The van der Waals surface area contributed by atoms with Crippen molar-refractivity contribution in [2.45, 2.75) is 25.5 Å². The first-order valence-corrected chi connectivity index (χ1v) is 6.47. The van der Waals surface area contributed by atoms with Gasteiger partial charge in [-0.1, -0.05) is 0 Å². The normalized spacial score (nSPS) is 18.9. The zero-order valence-electron chi connectivity index (χ0n) is 11.1. The van der Waals surface area contributed by atoms with Crippen LogP contribution < -0.4 is 14.8 Å². The smallest absolute Gasteiger partial charge is 0.131 e. The molecule has 18 heavy (non-hydrogen) atoms. The first kappa shape index (κ1) is 13.2. The summed E-state index contributed by atoms with van der Waals surface area (Å²) < 4.78 is 16.2. The average molecular weight is 252 g/mol. The lowest BCUT2D eigenvalue weighted by atomic mass is 10.2. The molecule has 1 aromatic rings. The van der Waals surface area contributed by atoms with Gasteiger partial charge in [0.1, 0.15) is 30.7 Å².